The van der Waals surface area contributed by atoms with Crippen molar-refractivity contribution < 1.29 is 4.79 Å². The molecule has 0 saturated heterocycles. The van der Waals surface area contributed by atoms with Gasteiger partial charge in [-0.05, 0) is 54.1 Å². The minimum atomic E-state index is -0.463. The highest BCUT2D eigenvalue weighted by atomic mass is 35.5. The first-order valence-corrected chi connectivity index (χ1v) is 13.8. The Morgan fingerprint density at radius 1 is 1.11 bits per heavy atom. The van der Waals surface area contributed by atoms with Crippen LogP contribution in [0.4, 0.5) is 10.6 Å². The molecule has 2 amide bonds. The summed E-state index contributed by atoms with van der Waals surface area (Å²) in [7, 11) is 0. The standard InChI is InChI=1S/C27H25Cl2N7OS/c1-38-22-10-8-18(28)12-17(22)14-31-27(37)32-21(11-15-5-3-2-4-6-15)26-33-23(24(29)34-26)16-7-9-19-20(13-16)35-36-25(19)30/h2-10,12-13,21H,11,14H2,1H3,(H,33,34)(H3,30,35,36)(H2,31,32,37)/t21-/m0/s1. The van der Waals surface area contributed by atoms with Crippen LogP contribution in [0.3, 0.4) is 0 Å². The Balaban J connectivity index is 1.39. The number of nitrogens with one attached hydrogen (secondary N) is 4. The number of rotatable bonds is 8. The van der Waals surface area contributed by atoms with E-state index < -0.39 is 6.04 Å². The van der Waals surface area contributed by atoms with E-state index >= 15 is 0 Å². The van der Waals surface area contributed by atoms with Crippen LogP contribution in [0.25, 0.3) is 22.2 Å². The molecule has 0 bridgehead atoms. The Morgan fingerprint density at radius 3 is 2.71 bits per heavy atom. The van der Waals surface area contributed by atoms with Crippen LogP contribution in [-0.2, 0) is 13.0 Å². The third-order valence-corrected chi connectivity index (χ3v) is 7.49. The fraction of sp³-hybridized carbons (Fsp3) is 0.148. The number of thioether (sulfide) groups is 1. The summed E-state index contributed by atoms with van der Waals surface area (Å²) in [5.74, 6) is 0.974. The zero-order chi connectivity index (χ0) is 26.6. The van der Waals surface area contributed by atoms with E-state index in [2.05, 4.69) is 25.8 Å². The van der Waals surface area contributed by atoms with Gasteiger partial charge < -0.3 is 21.4 Å². The number of hydrogen-bond acceptors (Lipinski definition) is 5. The van der Waals surface area contributed by atoms with E-state index in [-0.39, 0.29) is 6.03 Å². The number of hydrogen-bond donors (Lipinski definition) is 5. The van der Waals surface area contributed by atoms with Gasteiger partial charge in [0.15, 0.2) is 5.82 Å². The predicted molar refractivity (Wildman–Crippen MR) is 155 cm³/mol. The normalized spacial score (nSPS) is 12.0. The molecule has 0 radical (unpaired) electrons. The van der Waals surface area contributed by atoms with Crippen LogP contribution in [0.5, 0.6) is 0 Å². The summed E-state index contributed by atoms with van der Waals surface area (Å²) in [6, 6.07) is 20.4. The molecule has 1 atom stereocenters. The summed E-state index contributed by atoms with van der Waals surface area (Å²) in [6.45, 7) is 0.331. The van der Waals surface area contributed by atoms with Gasteiger partial charge in [-0.15, -0.1) is 11.8 Å². The highest BCUT2D eigenvalue weighted by Gasteiger charge is 2.22. The lowest BCUT2D eigenvalue weighted by atomic mass is 10.1. The van der Waals surface area contributed by atoms with Crippen molar-refractivity contribution in [3.05, 3.63) is 93.9 Å². The fourth-order valence-electron chi connectivity index (χ4n) is 4.25. The average molecular weight is 567 g/mol. The summed E-state index contributed by atoms with van der Waals surface area (Å²) in [5.41, 5.74) is 10.0. The van der Waals surface area contributed by atoms with Gasteiger partial charge in [0.25, 0.3) is 0 Å². The lowest BCUT2D eigenvalue weighted by molar-refractivity contribution is 0.236. The zero-order valence-corrected chi connectivity index (χ0v) is 22.7. The van der Waals surface area contributed by atoms with Crippen molar-refractivity contribution in [2.45, 2.75) is 23.9 Å². The van der Waals surface area contributed by atoms with Gasteiger partial charge in [0.05, 0.1) is 11.6 Å². The SMILES string of the molecule is CSc1ccc(Cl)cc1CNC(=O)N[C@@H](Cc1ccccc1)c1nc(-c2ccc3c(N)n[nH]c3c2)c(Cl)[nH]1. The molecule has 5 aromatic rings. The maximum atomic E-state index is 13.0. The maximum Gasteiger partial charge on any atom is 0.315 e. The number of H-pyrrole nitrogens is 2. The Labute approximate surface area is 233 Å². The monoisotopic (exact) mass is 565 g/mol. The van der Waals surface area contributed by atoms with Crippen LogP contribution in [0.1, 0.15) is 23.0 Å². The number of imidazole rings is 1. The number of nitrogens with two attached hydrogens (primary N) is 1. The number of aromatic amines is 2. The van der Waals surface area contributed by atoms with Crippen LogP contribution in [-0.4, -0.2) is 32.5 Å². The Morgan fingerprint density at radius 2 is 1.92 bits per heavy atom. The zero-order valence-electron chi connectivity index (χ0n) is 20.4. The largest absolute Gasteiger partial charge is 0.382 e. The first kappa shape index (κ1) is 26.0. The quantitative estimate of drug-likeness (QED) is 0.140. The van der Waals surface area contributed by atoms with Crippen LogP contribution in [0.2, 0.25) is 10.2 Å². The highest BCUT2D eigenvalue weighted by Crippen LogP contribution is 2.31. The Bertz CT molecular complexity index is 1590. The molecule has 0 spiro atoms. The molecule has 2 aromatic heterocycles. The summed E-state index contributed by atoms with van der Waals surface area (Å²) in [4.78, 5) is 22.0. The minimum Gasteiger partial charge on any atom is -0.382 e. The van der Waals surface area contributed by atoms with Gasteiger partial charge in [0.1, 0.15) is 16.7 Å². The highest BCUT2D eigenvalue weighted by molar-refractivity contribution is 7.98. The number of carbonyl (C=O) groups excluding carboxylic acids is 1. The van der Waals surface area contributed by atoms with Gasteiger partial charge in [-0.3, -0.25) is 5.10 Å². The van der Waals surface area contributed by atoms with Gasteiger partial charge in [0, 0.05) is 27.4 Å². The topological polar surface area (TPSA) is 125 Å². The molecule has 0 aliphatic rings. The molecule has 0 aliphatic heterocycles. The number of urea groups is 1. The van der Waals surface area contributed by atoms with E-state index in [0.717, 1.165) is 32.5 Å². The molecule has 11 heteroatoms. The van der Waals surface area contributed by atoms with Gasteiger partial charge in [-0.25, -0.2) is 9.78 Å². The van der Waals surface area contributed by atoms with Crippen molar-refractivity contribution in [2.24, 2.45) is 0 Å². The number of fused-ring (bicyclic) bond motifs is 1. The van der Waals surface area contributed by atoms with Gasteiger partial charge >= 0.3 is 6.03 Å². The van der Waals surface area contributed by atoms with E-state index in [1.807, 2.05) is 73.0 Å². The van der Waals surface area contributed by atoms with Crippen molar-refractivity contribution in [3.8, 4) is 11.3 Å². The number of carbonyl (C=O) groups is 1. The van der Waals surface area contributed by atoms with Crippen molar-refractivity contribution in [1.82, 2.24) is 30.8 Å². The van der Waals surface area contributed by atoms with Crippen LogP contribution in [0, 0.1) is 0 Å². The second-order valence-electron chi connectivity index (χ2n) is 8.68. The van der Waals surface area contributed by atoms with Crippen molar-refractivity contribution in [1.29, 1.82) is 0 Å². The summed E-state index contributed by atoms with van der Waals surface area (Å²) < 4.78 is 0. The molecule has 194 valence electrons. The number of aromatic nitrogens is 4. The van der Waals surface area contributed by atoms with Crippen molar-refractivity contribution >= 4 is 57.7 Å². The van der Waals surface area contributed by atoms with E-state index in [0.29, 0.717) is 40.5 Å². The van der Waals surface area contributed by atoms with E-state index in [1.165, 1.54) is 0 Å². The van der Waals surface area contributed by atoms with Crippen LogP contribution >= 0.6 is 35.0 Å². The number of amides is 2. The molecule has 8 nitrogen and oxygen atoms in total. The number of nitrogens with zero attached hydrogens (tertiary/aromatic N) is 2. The van der Waals surface area contributed by atoms with Crippen molar-refractivity contribution in [3.63, 3.8) is 0 Å². The number of anilines is 1. The summed E-state index contributed by atoms with van der Waals surface area (Å²) >= 11 is 14.4. The Hall–Kier alpha value is -3.66. The maximum absolute atomic E-state index is 13.0. The van der Waals surface area contributed by atoms with Crippen LogP contribution in [0.15, 0.2) is 71.6 Å². The van der Waals surface area contributed by atoms with Gasteiger partial charge in [0.2, 0.25) is 0 Å². The smallest absolute Gasteiger partial charge is 0.315 e. The van der Waals surface area contributed by atoms with E-state index in [9.17, 15) is 4.79 Å². The molecule has 3 aromatic carbocycles. The number of nitrogen functional groups attached to an aromatic ring is 1. The lowest BCUT2D eigenvalue weighted by Crippen LogP contribution is -2.38. The molecular formula is C27H25Cl2N7OS. The summed E-state index contributed by atoms with van der Waals surface area (Å²) in [6.07, 6.45) is 2.50. The van der Waals surface area contributed by atoms with E-state index in [1.54, 1.807) is 11.8 Å². The molecule has 2 heterocycles. The van der Waals surface area contributed by atoms with Gasteiger partial charge in [-0.2, -0.15) is 5.10 Å². The third-order valence-electron chi connectivity index (χ3n) is 6.14. The molecule has 6 N–H and O–H groups in total. The predicted octanol–water partition coefficient (Wildman–Crippen LogP) is 6.35. The number of benzene rings is 3. The summed E-state index contributed by atoms with van der Waals surface area (Å²) in [5, 5.41) is 14.8. The molecule has 0 saturated carbocycles. The third kappa shape index (κ3) is 5.75. The minimum absolute atomic E-state index is 0.331. The first-order valence-electron chi connectivity index (χ1n) is 11.8. The Kier molecular flexibility index (Phi) is 7.78. The van der Waals surface area contributed by atoms with Gasteiger partial charge in [-0.1, -0.05) is 59.6 Å². The van der Waals surface area contributed by atoms with Crippen molar-refractivity contribution in [2.75, 3.05) is 12.0 Å². The second-order valence-corrected chi connectivity index (χ2v) is 10.3. The van der Waals surface area contributed by atoms with E-state index in [4.69, 9.17) is 33.9 Å². The molecular weight excluding hydrogens is 541 g/mol. The molecule has 5 rings (SSSR count). The first-order chi connectivity index (χ1) is 18.4. The molecule has 0 fully saturated rings. The fourth-order valence-corrected chi connectivity index (χ4v) is 5.29. The second kappa shape index (κ2) is 11.4. The van der Waals surface area contributed by atoms with Crippen LogP contribution < -0.4 is 16.4 Å². The molecule has 0 aliphatic carbocycles. The molecule has 38 heavy (non-hydrogen) atoms. The number of halogens is 2. The lowest BCUT2D eigenvalue weighted by Gasteiger charge is -2.18. The average Bonchev–Trinajstić information content (AvgIpc) is 3.49. The molecule has 0 unspecified atom stereocenters.